The topological polar surface area (TPSA) is 55.1 Å². The molecule has 1 atom stereocenters. The monoisotopic (exact) mass is 246 g/mol. The molecule has 2 rings (SSSR count). The second-order valence-corrected chi connectivity index (χ2v) is 5.24. The number of carbonyl (C=O) groups is 1. The lowest BCUT2D eigenvalue weighted by Gasteiger charge is -2.32. The second kappa shape index (κ2) is 5.11. The summed E-state index contributed by atoms with van der Waals surface area (Å²) in [6.45, 7) is 4.69. The van der Waals surface area contributed by atoms with E-state index in [1.807, 2.05) is 18.2 Å². The highest BCUT2D eigenvalue weighted by atomic mass is 16.1. The van der Waals surface area contributed by atoms with Crippen LogP contribution in [0, 0.1) is 0 Å². The van der Waals surface area contributed by atoms with Gasteiger partial charge in [-0.25, -0.2) is 0 Å². The van der Waals surface area contributed by atoms with Crippen molar-refractivity contribution >= 4 is 5.91 Å². The van der Waals surface area contributed by atoms with Gasteiger partial charge in [-0.1, -0.05) is 38.1 Å². The highest BCUT2D eigenvalue weighted by molar-refractivity contribution is 5.86. The smallest absolute Gasteiger partial charge is 0.227 e. The summed E-state index contributed by atoms with van der Waals surface area (Å²) in [7, 11) is 0. The molecule has 0 heterocycles. The molecule has 0 fully saturated rings. The minimum atomic E-state index is -0.265. The third kappa shape index (κ3) is 2.41. The molecule has 3 N–H and O–H groups in total. The van der Waals surface area contributed by atoms with Crippen molar-refractivity contribution in [3.05, 3.63) is 35.4 Å². The maximum absolute atomic E-state index is 12.1. The van der Waals surface area contributed by atoms with Gasteiger partial charge >= 0.3 is 0 Å². The van der Waals surface area contributed by atoms with Crippen LogP contribution in [0.15, 0.2) is 24.3 Å². The lowest BCUT2D eigenvalue weighted by molar-refractivity contribution is -0.123. The lowest BCUT2D eigenvalue weighted by Crippen LogP contribution is -2.50. The van der Waals surface area contributed by atoms with E-state index >= 15 is 0 Å². The molecule has 1 aliphatic rings. The van der Waals surface area contributed by atoms with Crippen LogP contribution < -0.4 is 11.1 Å². The molecule has 1 amide bonds. The van der Waals surface area contributed by atoms with E-state index in [9.17, 15) is 4.79 Å². The maximum atomic E-state index is 12.1. The van der Waals surface area contributed by atoms with Gasteiger partial charge < -0.3 is 11.1 Å². The van der Waals surface area contributed by atoms with E-state index in [4.69, 9.17) is 5.73 Å². The van der Waals surface area contributed by atoms with Crippen molar-refractivity contribution in [1.82, 2.24) is 5.32 Å². The van der Waals surface area contributed by atoms with E-state index in [-0.39, 0.29) is 17.4 Å². The number of fused-ring (bicyclic) bond motifs is 1. The lowest BCUT2D eigenvalue weighted by atomic mass is 9.77. The summed E-state index contributed by atoms with van der Waals surface area (Å²) in [4.78, 5) is 12.1. The van der Waals surface area contributed by atoms with Gasteiger partial charge in [0.15, 0.2) is 0 Å². The van der Waals surface area contributed by atoms with Crippen LogP contribution in [-0.2, 0) is 11.2 Å². The van der Waals surface area contributed by atoms with Gasteiger partial charge in [-0.3, -0.25) is 4.79 Å². The van der Waals surface area contributed by atoms with Gasteiger partial charge in [-0.15, -0.1) is 0 Å². The number of hydrogen-bond acceptors (Lipinski definition) is 2. The Morgan fingerprint density at radius 2 is 2.06 bits per heavy atom. The molecule has 0 saturated carbocycles. The molecule has 1 aromatic carbocycles. The Morgan fingerprint density at radius 3 is 2.67 bits per heavy atom. The van der Waals surface area contributed by atoms with Crippen molar-refractivity contribution in [3.8, 4) is 0 Å². The molecule has 98 valence electrons. The number of nitrogens with one attached hydrogen (secondary N) is 1. The molecule has 0 aliphatic heterocycles. The van der Waals surface area contributed by atoms with Gasteiger partial charge in [0.05, 0.1) is 5.92 Å². The van der Waals surface area contributed by atoms with Crippen LogP contribution in [0.1, 0.15) is 43.7 Å². The first-order chi connectivity index (χ1) is 8.59. The van der Waals surface area contributed by atoms with Crippen molar-refractivity contribution < 1.29 is 4.79 Å². The molecule has 0 radical (unpaired) electrons. The summed E-state index contributed by atoms with van der Waals surface area (Å²) in [5.74, 6) is 0.143. The minimum absolute atomic E-state index is 0.0270. The van der Waals surface area contributed by atoms with E-state index in [0.717, 1.165) is 19.3 Å². The first-order valence-electron chi connectivity index (χ1n) is 6.74. The summed E-state index contributed by atoms with van der Waals surface area (Å²) in [5, 5.41) is 3.00. The normalized spacial score (nSPS) is 17.8. The fourth-order valence-corrected chi connectivity index (χ4v) is 2.38. The quantitative estimate of drug-likeness (QED) is 0.834. The summed E-state index contributed by atoms with van der Waals surface area (Å²) >= 11 is 0. The van der Waals surface area contributed by atoms with Gasteiger partial charge in [-0.05, 0) is 30.4 Å². The van der Waals surface area contributed by atoms with Gasteiger partial charge in [0, 0.05) is 12.1 Å². The zero-order valence-corrected chi connectivity index (χ0v) is 11.2. The summed E-state index contributed by atoms with van der Waals surface area (Å²) < 4.78 is 0. The van der Waals surface area contributed by atoms with Crippen molar-refractivity contribution in [1.29, 1.82) is 0 Å². The molecule has 0 bridgehead atoms. The predicted octanol–water partition coefficient (Wildman–Crippen LogP) is 1.96. The van der Waals surface area contributed by atoms with E-state index in [1.54, 1.807) is 0 Å². The third-order valence-electron chi connectivity index (χ3n) is 4.19. The molecule has 1 aromatic rings. The number of rotatable bonds is 5. The highest BCUT2D eigenvalue weighted by Crippen LogP contribution is 2.34. The van der Waals surface area contributed by atoms with Gasteiger partial charge in [0.1, 0.15) is 0 Å². The average Bonchev–Trinajstić information content (AvgIpc) is 2.37. The van der Waals surface area contributed by atoms with Crippen LogP contribution in [0.2, 0.25) is 0 Å². The van der Waals surface area contributed by atoms with Gasteiger partial charge in [0.2, 0.25) is 5.91 Å². The molecular formula is C15H22N2O. The molecule has 1 unspecified atom stereocenters. The summed E-state index contributed by atoms with van der Waals surface area (Å²) in [5.41, 5.74) is 8.39. The molecule has 3 heteroatoms. The zero-order valence-electron chi connectivity index (χ0n) is 11.2. The van der Waals surface area contributed by atoms with Crippen molar-refractivity contribution in [2.24, 2.45) is 5.73 Å². The predicted molar refractivity (Wildman–Crippen MR) is 73.4 cm³/mol. The van der Waals surface area contributed by atoms with E-state index < -0.39 is 0 Å². The Bertz CT molecular complexity index is 438. The molecule has 18 heavy (non-hydrogen) atoms. The van der Waals surface area contributed by atoms with E-state index in [2.05, 4.69) is 25.2 Å². The SMILES string of the molecule is CCC(N)(CC)CNC(=O)C1Cc2ccccc21. The van der Waals surface area contributed by atoms with Gasteiger partial charge in [-0.2, -0.15) is 0 Å². The Morgan fingerprint density at radius 1 is 1.39 bits per heavy atom. The Balaban J connectivity index is 1.92. The average molecular weight is 246 g/mol. The maximum Gasteiger partial charge on any atom is 0.227 e. The minimum Gasteiger partial charge on any atom is -0.354 e. The van der Waals surface area contributed by atoms with Gasteiger partial charge in [0.25, 0.3) is 0 Å². The van der Waals surface area contributed by atoms with E-state index in [0.29, 0.717) is 6.54 Å². The highest BCUT2D eigenvalue weighted by Gasteiger charge is 2.32. The van der Waals surface area contributed by atoms with Crippen LogP contribution in [0.5, 0.6) is 0 Å². The largest absolute Gasteiger partial charge is 0.354 e. The number of carbonyl (C=O) groups excluding carboxylic acids is 1. The first kappa shape index (κ1) is 13.1. The van der Waals surface area contributed by atoms with Crippen LogP contribution in [0.25, 0.3) is 0 Å². The number of nitrogens with two attached hydrogens (primary N) is 1. The standard InChI is InChI=1S/C15H22N2O/c1-3-15(16,4-2)10-17-14(18)13-9-11-7-5-6-8-12(11)13/h5-8,13H,3-4,9-10,16H2,1-2H3,(H,17,18). The molecule has 1 aliphatic carbocycles. The molecule has 0 aromatic heterocycles. The van der Waals surface area contributed by atoms with Crippen LogP contribution in [0.3, 0.4) is 0 Å². The molecule has 0 spiro atoms. The number of hydrogen-bond donors (Lipinski definition) is 2. The van der Waals surface area contributed by atoms with E-state index in [1.165, 1.54) is 11.1 Å². The van der Waals surface area contributed by atoms with Crippen molar-refractivity contribution in [3.63, 3.8) is 0 Å². The Kier molecular flexibility index (Phi) is 3.71. The summed E-state index contributed by atoms with van der Waals surface area (Å²) in [6.07, 6.45) is 2.62. The first-order valence-corrected chi connectivity index (χ1v) is 6.74. The van der Waals surface area contributed by atoms with Crippen LogP contribution in [0.4, 0.5) is 0 Å². The fourth-order valence-electron chi connectivity index (χ4n) is 2.38. The fraction of sp³-hybridized carbons (Fsp3) is 0.533. The Hall–Kier alpha value is -1.35. The summed E-state index contributed by atoms with van der Waals surface area (Å²) in [6, 6.07) is 8.14. The molecule has 0 saturated heterocycles. The number of benzene rings is 1. The van der Waals surface area contributed by atoms with Crippen LogP contribution in [-0.4, -0.2) is 18.0 Å². The van der Waals surface area contributed by atoms with Crippen LogP contribution >= 0.6 is 0 Å². The second-order valence-electron chi connectivity index (χ2n) is 5.24. The zero-order chi connectivity index (χ0) is 13.2. The van der Waals surface area contributed by atoms with Crippen molar-refractivity contribution in [2.45, 2.75) is 44.6 Å². The number of amides is 1. The third-order valence-corrected chi connectivity index (χ3v) is 4.19. The van der Waals surface area contributed by atoms with Crippen molar-refractivity contribution in [2.75, 3.05) is 6.54 Å². The Labute approximate surface area is 109 Å². The molecule has 3 nitrogen and oxygen atoms in total. The molecular weight excluding hydrogens is 224 g/mol.